The first kappa shape index (κ1) is 19.0. The number of aliphatic hydroxyl groups excluding tert-OH is 1. The Hall–Kier alpha value is -1.77. The smallest absolute Gasteiger partial charge is 0.243 e. The normalized spacial score (nSPS) is 19.0. The van der Waals surface area contributed by atoms with Crippen molar-refractivity contribution in [2.45, 2.75) is 44.6 Å². The van der Waals surface area contributed by atoms with Gasteiger partial charge in [-0.3, -0.25) is 4.68 Å². The third-order valence-electron chi connectivity index (χ3n) is 4.84. The van der Waals surface area contributed by atoms with Gasteiger partial charge < -0.3 is 5.11 Å². The summed E-state index contributed by atoms with van der Waals surface area (Å²) in [6.45, 7) is 5.48. The van der Waals surface area contributed by atoms with E-state index >= 15 is 0 Å². The van der Waals surface area contributed by atoms with E-state index in [1.807, 2.05) is 32.2 Å². The molecule has 0 radical (unpaired) electrons. The van der Waals surface area contributed by atoms with Crippen molar-refractivity contribution in [1.82, 2.24) is 19.3 Å². The number of rotatable bonds is 6. The molecule has 8 heteroatoms. The zero-order chi connectivity index (χ0) is 18.7. The molecule has 1 atom stereocenters. The van der Waals surface area contributed by atoms with Crippen molar-refractivity contribution in [1.29, 1.82) is 0 Å². The lowest BCUT2D eigenvalue weighted by molar-refractivity contribution is 0.238. The van der Waals surface area contributed by atoms with Crippen LogP contribution in [0.15, 0.2) is 29.3 Å². The molecule has 2 aromatic rings. The van der Waals surface area contributed by atoms with Crippen LogP contribution in [0.3, 0.4) is 0 Å². The summed E-state index contributed by atoms with van der Waals surface area (Å²) in [5.74, 6) is 0.201. The maximum Gasteiger partial charge on any atom is 0.243 e. The summed E-state index contributed by atoms with van der Waals surface area (Å²) in [5.41, 5.74) is 2.48. The highest BCUT2D eigenvalue weighted by atomic mass is 32.2. The van der Waals surface area contributed by atoms with Gasteiger partial charge in [-0.15, -0.1) is 5.10 Å². The Bertz CT molecular complexity index is 863. The van der Waals surface area contributed by atoms with Gasteiger partial charge in [-0.05, 0) is 49.8 Å². The minimum absolute atomic E-state index is 0.0456. The molecule has 1 aromatic heterocycles. The molecule has 1 N–H and O–H groups in total. The largest absolute Gasteiger partial charge is 0.396 e. The van der Waals surface area contributed by atoms with Gasteiger partial charge >= 0.3 is 0 Å². The van der Waals surface area contributed by atoms with Crippen molar-refractivity contribution >= 4 is 10.0 Å². The van der Waals surface area contributed by atoms with E-state index in [1.54, 1.807) is 15.1 Å². The Morgan fingerprint density at radius 1 is 1.31 bits per heavy atom. The van der Waals surface area contributed by atoms with Gasteiger partial charge in [0.2, 0.25) is 10.0 Å². The van der Waals surface area contributed by atoms with Crippen LogP contribution in [-0.4, -0.2) is 52.5 Å². The average molecular weight is 378 g/mol. The number of aliphatic hydroxyl groups is 1. The molecule has 0 unspecified atom stereocenters. The van der Waals surface area contributed by atoms with E-state index in [2.05, 4.69) is 10.3 Å². The van der Waals surface area contributed by atoms with E-state index in [1.165, 1.54) is 0 Å². The summed E-state index contributed by atoms with van der Waals surface area (Å²) in [5, 5.41) is 17.1. The minimum Gasteiger partial charge on any atom is -0.396 e. The molecule has 0 amide bonds. The van der Waals surface area contributed by atoms with Gasteiger partial charge in [-0.25, -0.2) is 8.42 Å². The third-order valence-corrected chi connectivity index (χ3v) is 6.85. The first-order chi connectivity index (χ1) is 12.4. The molecule has 1 fully saturated rings. The van der Waals surface area contributed by atoms with E-state index in [-0.39, 0.29) is 12.5 Å². The van der Waals surface area contributed by atoms with Crippen molar-refractivity contribution in [2.75, 3.05) is 19.7 Å². The van der Waals surface area contributed by atoms with Crippen LogP contribution in [0.2, 0.25) is 0 Å². The Balaban J connectivity index is 1.73. The molecule has 26 heavy (non-hydrogen) atoms. The van der Waals surface area contributed by atoms with Crippen molar-refractivity contribution in [3.05, 3.63) is 41.2 Å². The second-order valence-electron chi connectivity index (χ2n) is 7.05. The highest BCUT2D eigenvalue weighted by Gasteiger charge is 2.31. The molecule has 3 rings (SSSR count). The van der Waals surface area contributed by atoms with Crippen LogP contribution in [0.5, 0.6) is 0 Å². The van der Waals surface area contributed by atoms with Gasteiger partial charge in [0, 0.05) is 38.9 Å². The summed E-state index contributed by atoms with van der Waals surface area (Å²) in [6, 6.07) is 5.55. The summed E-state index contributed by atoms with van der Waals surface area (Å²) in [7, 11) is -3.49. The van der Waals surface area contributed by atoms with Gasteiger partial charge in [0.1, 0.15) is 0 Å². The Labute approximate surface area is 154 Å². The summed E-state index contributed by atoms with van der Waals surface area (Å²) >= 11 is 0. The highest BCUT2D eigenvalue weighted by Crippen LogP contribution is 2.27. The summed E-state index contributed by atoms with van der Waals surface area (Å²) in [6.07, 6.45) is 4.12. The monoisotopic (exact) mass is 378 g/mol. The van der Waals surface area contributed by atoms with E-state index in [9.17, 15) is 8.42 Å². The molecule has 1 aliphatic rings. The van der Waals surface area contributed by atoms with Gasteiger partial charge in [-0.1, -0.05) is 17.3 Å². The highest BCUT2D eigenvalue weighted by molar-refractivity contribution is 7.89. The maximum absolute atomic E-state index is 13.1. The maximum atomic E-state index is 13.1. The fraction of sp³-hybridized carbons (Fsp3) is 0.556. The molecule has 1 aliphatic heterocycles. The van der Waals surface area contributed by atoms with Crippen LogP contribution < -0.4 is 0 Å². The molecule has 0 spiro atoms. The Kier molecular flexibility index (Phi) is 5.74. The molecule has 7 nitrogen and oxygen atoms in total. The number of aromatic nitrogens is 3. The van der Waals surface area contributed by atoms with Crippen molar-refractivity contribution in [3.63, 3.8) is 0 Å². The molecule has 1 aromatic carbocycles. The van der Waals surface area contributed by atoms with E-state index in [0.29, 0.717) is 31.0 Å². The van der Waals surface area contributed by atoms with Crippen LogP contribution >= 0.6 is 0 Å². The molecule has 1 saturated heterocycles. The van der Waals surface area contributed by atoms with E-state index in [0.717, 1.165) is 29.7 Å². The summed E-state index contributed by atoms with van der Waals surface area (Å²) < 4.78 is 29.6. The molecular formula is C18H26N4O3S. The Morgan fingerprint density at radius 3 is 2.88 bits per heavy atom. The SMILES string of the molecule is Cc1ccc(C)c(S(=O)(=O)N2CCC[C@@H](Cn3cc(CCO)nn3)C2)c1. The second-order valence-corrected chi connectivity index (χ2v) is 8.95. The number of nitrogens with zero attached hydrogens (tertiary/aromatic N) is 4. The lowest BCUT2D eigenvalue weighted by atomic mass is 10.00. The zero-order valence-electron chi connectivity index (χ0n) is 15.3. The minimum atomic E-state index is -3.49. The predicted octanol–water partition coefficient (Wildman–Crippen LogP) is 1.53. The van der Waals surface area contributed by atoms with Gasteiger partial charge in [0.05, 0.1) is 10.6 Å². The summed E-state index contributed by atoms with van der Waals surface area (Å²) in [4.78, 5) is 0.407. The van der Waals surface area contributed by atoms with E-state index < -0.39 is 10.0 Å². The molecule has 0 bridgehead atoms. The Morgan fingerprint density at radius 2 is 2.12 bits per heavy atom. The average Bonchev–Trinajstić information content (AvgIpc) is 3.04. The second kappa shape index (κ2) is 7.85. The molecule has 0 saturated carbocycles. The molecule has 142 valence electrons. The van der Waals surface area contributed by atoms with Gasteiger partial charge in [0.15, 0.2) is 0 Å². The molecule has 2 heterocycles. The van der Waals surface area contributed by atoms with Gasteiger partial charge in [0.25, 0.3) is 0 Å². The van der Waals surface area contributed by atoms with Crippen LogP contribution in [0.25, 0.3) is 0 Å². The van der Waals surface area contributed by atoms with Crippen LogP contribution in [0, 0.1) is 19.8 Å². The fourth-order valence-electron chi connectivity index (χ4n) is 3.44. The van der Waals surface area contributed by atoms with Crippen molar-refractivity contribution < 1.29 is 13.5 Å². The molecular weight excluding hydrogens is 352 g/mol. The molecule has 0 aliphatic carbocycles. The van der Waals surface area contributed by atoms with E-state index in [4.69, 9.17) is 5.11 Å². The number of piperidine rings is 1. The van der Waals surface area contributed by atoms with Crippen LogP contribution in [0.4, 0.5) is 0 Å². The first-order valence-corrected chi connectivity index (χ1v) is 10.4. The lowest BCUT2D eigenvalue weighted by Gasteiger charge is -2.32. The third kappa shape index (κ3) is 4.13. The van der Waals surface area contributed by atoms with Crippen molar-refractivity contribution in [2.24, 2.45) is 5.92 Å². The number of sulfonamides is 1. The zero-order valence-corrected chi connectivity index (χ0v) is 16.1. The number of hydrogen-bond donors (Lipinski definition) is 1. The topological polar surface area (TPSA) is 88.3 Å². The van der Waals surface area contributed by atoms with Gasteiger partial charge in [-0.2, -0.15) is 4.31 Å². The first-order valence-electron chi connectivity index (χ1n) is 8.97. The van der Waals surface area contributed by atoms with Crippen molar-refractivity contribution in [3.8, 4) is 0 Å². The van der Waals surface area contributed by atoms with Crippen LogP contribution in [-0.2, 0) is 23.0 Å². The number of aryl methyl sites for hydroxylation is 2. The number of hydrogen-bond acceptors (Lipinski definition) is 5. The van der Waals surface area contributed by atoms with Crippen LogP contribution in [0.1, 0.15) is 29.7 Å². The lowest BCUT2D eigenvalue weighted by Crippen LogP contribution is -2.41. The predicted molar refractivity (Wildman–Crippen MR) is 98.2 cm³/mol. The quantitative estimate of drug-likeness (QED) is 0.824. The number of benzene rings is 1. The standard InChI is InChI=1S/C18H26N4O3S/c1-14-5-6-15(2)18(10-14)26(24,25)22-8-3-4-16(12-22)11-21-13-17(7-9-23)19-20-21/h5-6,10,13,16,23H,3-4,7-9,11-12H2,1-2H3/t16-/m0/s1. The fourth-order valence-corrected chi connectivity index (χ4v) is 5.30.